The van der Waals surface area contributed by atoms with E-state index in [9.17, 15) is 9.59 Å². The number of aliphatic carboxylic acids is 1. The standard InChI is InChI=1S/C13H26N2O3/c1-5-13(4,12(17)18)15-11(16)7-10(8-14)6-9(2)3/h9-10H,5-8,14H2,1-4H3,(H,15,16)(H,17,18). The van der Waals surface area contributed by atoms with Crippen molar-refractivity contribution in [1.29, 1.82) is 0 Å². The molecule has 0 saturated carbocycles. The Labute approximate surface area is 109 Å². The summed E-state index contributed by atoms with van der Waals surface area (Å²) in [5.41, 5.74) is 4.44. The summed E-state index contributed by atoms with van der Waals surface area (Å²) in [6, 6.07) is 0. The fraction of sp³-hybridized carbons (Fsp3) is 0.846. The Bertz CT molecular complexity index is 292. The fourth-order valence-electron chi connectivity index (χ4n) is 1.84. The Morgan fingerprint density at radius 1 is 1.39 bits per heavy atom. The number of carboxylic acids is 1. The summed E-state index contributed by atoms with van der Waals surface area (Å²) in [4.78, 5) is 22.9. The van der Waals surface area contributed by atoms with Crippen LogP contribution in [0, 0.1) is 11.8 Å². The second-order valence-corrected chi connectivity index (χ2v) is 5.47. The minimum atomic E-state index is -1.19. The van der Waals surface area contributed by atoms with Gasteiger partial charge in [0, 0.05) is 6.42 Å². The zero-order valence-electron chi connectivity index (χ0n) is 11.8. The molecular formula is C13H26N2O3. The highest BCUT2D eigenvalue weighted by molar-refractivity contribution is 5.86. The molecule has 0 heterocycles. The number of nitrogens with one attached hydrogen (secondary N) is 1. The first-order chi connectivity index (χ1) is 8.25. The van der Waals surface area contributed by atoms with E-state index in [1.54, 1.807) is 6.92 Å². The molecule has 18 heavy (non-hydrogen) atoms. The van der Waals surface area contributed by atoms with E-state index in [1.807, 2.05) is 0 Å². The molecular weight excluding hydrogens is 232 g/mol. The van der Waals surface area contributed by atoms with Gasteiger partial charge in [-0.3, -0.25) is 4.79 Å². The van der Waals surface area contributed by atoms with Crippen LogP contribution in [0.3, 0.4) is 0 Å². The summed E-state index contributed by atoms with van der Waals surface area (Å²) in [6.45, 7) is 7.86. The van der Waals surface area contributed by atoms with E-state index in [0.717, 1.165) is 6.42 Å². The largest absolute Gasteiger partial charge is 0.480 e. The van der Waals surface area contributed by atoms with Gasteiger partial charge in [-0.1, -0.05) is 20.8 Å². The van der Waals surface area contributed by atoms with Gasteiger partial charge >= 0.3 is 5.97 Å². The molecule has 0 spiro atoms. The predicted octanol–water partition coefficient (Wildman–Crippen LogP) is 1.37. The van der Waals surface area contributed by atoms with Crippen LogP contribution in [-0.2, 0) is 9.59 Å². The summed E-state index contributed by atoms with van der Waals surface area (Å²) in [5, 5.41) is 11.7. The summed E-state index contributed by atoms with van der Waals surface area (Å²) < 4.78 is 0. The quantitative estimate of drug-likeness (QED) is 0.613. The van der Waals surface area contributed by atoms with Crippen LogP contribution in [-0.4, -0.2) is 29.1 Å². The number of carbonyl (C=O) groups is 2. The molecule has 2 atom stereocenters. The van der Waals surface area contributed by atoms with E-state index in [0.29, 0.717) is 18.9 Å². The summed E-state index contributed by atoms with van der Waals surface area (Å²) in [5.74, 6) is -0.660. The highest BCUT2D eigenvalue weighted by atomic mass is 16.4. The highest BCUT2D eigenvalue weighted by Crippen LogP contribution is 2.16. The molecule has 0 aromatic heterocycles. The third-order valence-electron chi connectivity index (χ3n) is 3.21. The minimum Gasteiger partial charge on any atom is -0.480 e. The van der Waals surface area contributed by atoms with Crippen LogP contribution >= 0.6 is 0 Å². The van der Waals surface area contributed by atoms with Crippen LogP contribution in [0.2, 0.25) is 0 Å². The van der Waals surface area contributed by atoms with Gasteiger partial charge in [0.1, 0.15) is 5.54 Å². The first-order valence-corrected chi connectivity index (χ1v) is 6.49. The van der Waals surface area contributed by atoms with E-state index in [-0.39, 0.29) is 18.2 Å². The second-order valence-electron chi connectivity index (χ2n) is 5.47. The maximum Gasteiger partial charge on any atom is 0.329 e. The number of hydrogen-bond acceptors (Lipinski definition) is 3. The van der Waals surface area contributed by atoms with E-state index < -0.39 is 11.5 Å². The van der Waals surface area contributed by atoms with Crippen LogP contribution in [0.1, 0.15) is 47.0 Å². The summed E-state index contributed by atoms with van der Waals surface area (Å²) in [7, 11) is 0. The highest BCUT2D eigenvalue weighted by Gasteiger charge is 2.33. The molecule has 0 aromatic rings. The van der Waals surface area contributed by atoms with Gasteiger partial charge in [-0.05, 0) is 38.1 Å². The smallest absolute Gasteiger partial charge is 0.329 e. The Kier molecular flexibility index (Phi) is 6.91. The number of hydrogen-bond donors (Lipinski definition) is 3. The number of rotatable bonds is 8. The molecule has 0 saturated heterocycles. The van der Waals surface area contributed by atoms with Crippen molar-refractivity contribution in [3.8, 4) is 0 Å². The molecule has 4 N–H and O–H groups in total. The molecule has 0 aliphatic heterocycles. The van der Waals surface area contributed by atoms with Crippen LogP contribution in [0.25, 0.3) is 0 Å². The van der Waals surface area contributed by atoms with E-state index in [2.05, 4.69) is 19.2 Å². The Morgan fingerprint density at radius 2 is 1.94 bits per heavy atom. The van der Waals surface area contributed by atoms with Crippen LogP contribution in [0.4, 0.5) is 0 Å². The second kappa shape index (κ2) is 7.36. The molecule has 5 heteroatoms. The van der Waals surface area contributed by atoms with Crippen molar-refractivity contribution < 1.29 is 14.7 Å². The zero-order chi connectivity index (χ0) is 14.3. The van der Waals surface area contributed by atoms with Crippen LogP contribution in [0.5, 0.6) is 0 Å². The van der Waals surface area contributed by atoms with Gasteiger partial charge in [0.2, 0.25) is 5.91 Å². The average Bonchev–Trinajstić information content (AvgIpc) is 2.26. The normalized spacial score (nSPS) is 16.1. The topological polar surface area (TPSA) is 92.4 Å². The van der Waals surface area contributed by atoms with Crippen molar-refractivity contribution in [2.75, 3.05) is 6.54 Å². The zero-order valence-corrected chi connectivity index (χ0v) is 11.8. The van der Waals surface area contributed by atoms with Gasteiger partial charge < -0.3 is 16.2 Å². The Hall–Kier alpha value is -1.10. The third-order valence-corrected chi connectivity index (χ3v) is 3.21. The lowest BCUT2D eigenvalue weighted by molar-refractivity contribution is -0.147. The number of carboxylic acid groups (broad SMARTS) is 1. The van der Waals surface area contributed by atoms with Crippen molar-refractivity contribution in [1.82, 2.24) is 5.32 Å². The lowest BCUT2D eigenvalue weighted by Crippen LogP contribution is -2.52. The number of carbonyl (C=O) groups excluding carboxylic acids is 1. The summed E-state index contributed by atoms with van der Waals surface area (Å²) >= 11 is 0. The third kappa shape index (κ3) is 5.49. The summed E-state index contributed by atoms with van der Waals surface area (Å²) in [6.07, 6.45) is 1.52. The maximum absolute atomic E-state index is 11.8. The Morgan fingerprint density at radius 3 is 2.28 bits per heavy atom. The van der Waals surface area contributed by atoms with Crippen molar-refractivity contribution in [2.24, 2.45) is 17.6 Å². The molecule has 0 aliphatic carbocycles. The lowest BCUT2D eigenvalue weighted by Gasteiger charge is -2.26. The molecule has 1 amide bonds. The van der Waals surface area contributed by atoms with E-state index in [4.69, 9.17) is 10.8 Å². The maximum atomic E-state index is 11.8. The van der Waals surface area contributed by atoms with Gasteiger partial charge in [0.15, 0.2) is 0 Å². The average molecular weight is 258 g/mol. The van der Waals surface area contributed by atoms with E-state index in [1.165, 1.54) is 6.92 Å². The molecule has 0 rings (SSSR count). The molecule has 5 nitrogen and oxygen atoms in total. The molecule has 2 unspecified atom stereocenters. The fourth-order valence-corrected chi connectivity index (χ4v) is 1.84. The van der Waals surface area contributed by atoms with Crippen LogP contribution < -0.4 is 11.1 Å². The molecule has 106 valence electrons. The molecule has 0 radical (unpaired) electrons. The van der Waals surface area contributed by atoms with Crippen molar-refractivity contribution in [3.05, 3.63) is 0 Å². The first kappa shape index (κ1) is 16.9. The number of amides is 1. The predicted molar refractivity (Wildman–Crippen MR) is 71.1 cm³/mol. The van der Waals surface area contributed by atoms with Crippen molar-refractivity contribution >= 4 is 11.9 Å². The minimum absolute atomic E-state index is 0.111. The number of nitrogens with two attached hydrogens (primary N) is 1. The molecule has 0 fully saturated rings. The lowest BCUT2D eigenvalue weighted by atomic mass is 9.92. The van der Waals surface area contributed by atoms with Gasteiger partial charge in [-0.25, -0.2) is 4.79 Å². The van der Waals surface area contributed by atoms with Gasteiger partial charge in [-0.2, -0.15) is 0 Å². The van der Waals surface area contributed by atoms with E-state index >= 15 is 0 Å². The van der Waals surface area contributed by atoms with Gasteiger partial charge in [0.25, 0.3) is 0 Å². The molecule has 0 bridgehead atoms. The van der Waals surface area contributed by atoms with Gasteiger partial charge in [-0.15, -0.1) is 0 Å². The van der Waals surface area contributed by atoms with Crippen molar-refractivity contribution in [2.45, 2.75) is 52.5 Å². The van der Waals surface area contributed by atoms with Gasteiger partial charge in [0.05, 0.1) is 0 Å². The SMILES string of the molecule is CCC(C)(NC(=O)CC(CN)CC(C)C)C(=O)O. The molecule has 0 aliphatic rings. The van der Waals surface area contributed by atoms with Crippen molar-refractivity contribution in [3.63, 3.8) is 0 Å². The molecule has 0 aromatic carbocycles. The monoisotopic (exact) mass is 258 g/mol. The first-order valence-electron chi connectivity index (χ1n) is 6.49. The Balaban J connectivity index is 4.44. The van der Waals surface area contributed by atoms with Crippen LogP contribution in [0.15, 0.2) is 0 Å².